The zero-order chi connectivity index (χ0) is 11.5. The molecule has 1 aliphatic heterocycles. The molecule has 0 spiro atoms. The second-order valence-electron chi connectivity index (χ2n) is 4.27. The van der Waals surface area contributed by atoms with E-state index in [9.17, 15) is 0 Å². The lowest BCUT2D eigenvalue weighted by atomic mass is 10.1. The molecule has 0 radical (unpaired) electrons. The zero-order valence-corrected chi connectivity index (χ0v) is 9.62. The molecule has 3 rings (SSSR count). The van der Waals surface area contributed by atoms with E-state index < -0.39 is 0 Å². The maximum atomic E-state index is 5.70. The van der Waals surface area contributed by atoms with Gasteiger partial charge in [-0.2, -0.15) is 5.10 Å². The third kappa shape index (κ3) is 2.22. The van der Waals surface area contributed by atoms with Gasteiger partial charge in [-0.05, 0) is 25.3 Å². The molecule has 88 valence electrons. The fraction of sp³-hybridized carbons (Fsp3) is 0.385. The van der Waals surface area contributed by atoms with Crippen LogP contribution in [0.5, 0.6) is 0 Å². The van der Waals surface area contributed by atoms with E-state index in [1.165, 1.54) is 6.42 Å². The van der Waals surface area contributed by atoms with Crippen LogP contribution in [0.15, 0.2) is 36.9 Å². The molecule has 0 unspecified atom stereocenters. The Morgan fingerprint density at radius 1 is 1.24 bits per heavy atom. The molecule has 2 aromatic rings. The molecule has 2 aromatic heterocycles. The Kier molecular flexibility index (Phi) is 2.88. The first-order valence-electron chi connectivity index (χ1n) is 5.99. The highest BCUT2D eigenvalue weighted by Crippen LogP contribution is 2.24. The van der Waals surface area contributed by atoms with E-state index in [2.05, 4.69) is 10.1 Å². The first-order valence-corrected chi connectivity index (χ1v) is 5.99. The summed E-state index contributed by atoms with van der Waals surface area (Å²) in [5.41, 5.74) is 2.18. The van der Waals surface area contributed by atoms with Crippen LogP contribution in [0.2, 0.25) is 0 Å². The molecule has 0 aliphatic carbocycles. The van der Waals surface area contributed by atoms with Crippen LogP contribution in [0.1, 0.15) is 25.5 Å². The van der Waals surface area contributed by atoms with Crippen LogP contribution in [0, 0.1) is 0 Å². The Bertz CT molecular complexity index is 474. The largest absolute Gasteiger partial charge is 0.357 e. The van der Waals surface area contributed by atoms with Crippen LogP contribution in [0.4, 0.5) is 0 Å². The molecule has 3 heterocycles. The molecule has 0 amide bonds. The second kappa shape index (κ2) is 4.67. The van der Waals surface area contributed by atoms with Crippen LogP contribution in [0.25, 0.3) is 11.1 Å². The summed E-state index contributed by atoms with van der Waals surface area (Å²) in [5, 5.41) is 4.38. The molecule has 1 fully saturated rings. The van der Waals surface area contributed by atoms with Gasteiger partial charge in [0.25, 0.3) is 0 Å². The molecule has 17 heavy (non-hydrogen) atoms. The van der Waals surface area contributed by atoms with Crippen molar-refractivity contribution < 1.29 is 4.74 Å². The molecule has 0 bridgehead atoms. The van der Waals surface area contributed by atoms with Crippen LogP contribution in [-0.4, -0.2) is 21.4 Å². The van der Waals surface area contributed by atoms with Crippen LogP contribution >= 0.6 is 0 Å². The minimum Gasteiger partial charge on any atom is -0.357 e. The van der Waals surface area contributed by atoms with Crippen molar-refractivity contribution in [2.45, 2.75) is 25.5 Å². The summed E-state index contributed by atoms with van der Waals surface area (Å²) in [5.74, 6) is 0. The minimum atomic E-state index is 0.106. The Hall–Kier alpha value is -1.68. The predicted molar refractivity (Wildman–Crippen MR) is 64.3 cm³/mol. The molecular weight excluding hydrogens is 214 g/mol. The van der Waals surface area contributed by atoms with Gasteiger partial charge in [0.15, 0.2) is 0 Å². The van der Waals surface area contributed by atoms with E-state index in [1.54, 1.807) is 6.20 Å². The first-order chi connectivity index (χ1) is 8.43. The van der Waals surface area contributed by atoms with Gasteiger partial charge in [0.05, 0.1) is 6.20 Å². The molecule has 0 saturated carbocycles. The van der Waals surface area contributed by atoms with E-state index in [0.717, 1.165) is 30.6 Å². The predicted octanol–water partition coefficient (Wildman–Crippen LogP) is 2.64. The van der Waals surface area contributed by atoms with Crippen molar-refractivity contribution in [2.75, 3.05) is 6.61 Å². The lowest BCUT2D eigenvalue weighted by Crippen LogP contribution is -2.18. The normalized spacial score (nSPS) is 20.4. The lowest BCUT2D eigenvalue weighted by molar-refractivity contribution is -0.0394. The molecule has 0 N–H and O–H groups in total. The van der Waals surface area contributed by atoms with Crippen LogP contribution in [-0.2, 0) is 4.74 Å². The number of rotatable bonds is 2. The summed E-state index contributed by atoms with van der Waals surface area (Å²) in [4.78, 5) is 4.11. The molecule has 1 aliphatic rings. The summed E-state index contributed by atoms with van der Waals surface area (Å²) < 4.78 is 7.62. The van der Waals surface area contributed by atoms with Gasteiger partial charge in [-0.25, -0.2) is 4.68 Å². The SMILES string of the molecule is c1cncc(-c2cnn([C@@H]3CCCCO3)c2)c1. The summed E-state index contributed by atoms with van der Waals surface area (Å²) >= 11 is 0. The molecular formula is C13H15N3O. The summed E-state index contributed by atoms with van der Waals surface area (Å²) in [6, 6.07) is 3.97. The Morgan fingerprint density at radius 2 is 2.24 bits per heavy atom. The van der Waals surface area contributed by atoms with E-state index in [1.807, 2.05) is 35.4 Å². The maximum Gasteiger partial charge on any atom is 0.150 e. The van der Waals surface area contributed by atoms with Crippen molar-refractivity contribution in [3.8, 4) is 11.1 Å². The monoisotopic (exact) mass is 229 g/mol. The highest BCUT2D eigenvalue weighted by molar-refractivity contribution is 5.60. The van der Waals surface area contributed by atoms with Gasteiger partial charge in [0.1, 0.15) is 6.23 Å². The number of pyridine rings is 1. The summed E-state index contributed by atoms with van der Waals surface area (Å²) in [6.07, 6.45) is 11.1. The van der Waals surface area contributed by atoms with Crippen molar-refractivity contribution in [3.63, 3.8) is 0 Å². The Labute approximate surface area is 100 Å². The van der Waals surface area contributed by atoms with E-state index in [-0.39, 0.29) is 6.23 Å². The van der Waals surface area contributed by atoms with Gasteiger partial charge in [-0.15, -0.1) is 0 Å². The highest BCUT2D eigenvalue weighted by Gasteiger charge is 2.16. The van der Waals surface area contributed by atoms with Gasteiger partial charge in [-0.1, -0.05) is 6.07 Å². The molecule has 1 atom stereocenters. The Morgan fingerprint density at radius 3 is 3.00 bits per heavy atom. The van der Waals surface area contributed by atoms with Crippen LogP contribution < -0.4 is 0 Å². The number of ether oxygens (including phenoxy) is 1. The molecule has 4 heteroatoms. The van der Waals surface area contributed by atoms with Gasteiger partial charge in [0.2, 0.25) is 0 Å². The van der Waals surface area contributed by atoms with Gasteiger partial charge in [-0.3, -0.25) is 4.98 Å². The fourth-order valence-corrected chi connectivity index (χ4v) is 2.11. The number of hydrogen-bond donors (Lipinski definition) is 0. The second-order valence-corrected chi connectivity index (χ2v) is 4.27. The van der Waals surface area contributed by atoms with Crippen molar-refractivity contribution in [3.05, 3.63) is 36.9 Å². The summed E-state index contributed by atoms with van der Waals surface area (Å²) in [7, 11) is 0. The number of aromatic nitrogens is 3. The fourth-order valence-electron chi connectivity index (χ4n) is 2.11. The molecule has 1 saturated heterocycles. The third-order valence-corrected chi connectivity index (χ3v) is 3.05. The highest BCUT2D eigenvalue weighted by atomic mass is 16.5. The summed E-state index contributed by atoms with van der Waals surface area (Å²) in [6.45, 7) is 0.840. The topological polar surface area (TPSA) is 39.9 Å². The number of hydrogen-bond acceptors (Lipinski definition) is 3. The third-order valence-electron chi connectivity index (χ3n) is 3.05. The lowest BCUT2D eigenvalue weighted by Gasteiger charge is -2.22. The van der Waals surface area contributed by atoms with E-state index in [0.29, 0.717) is 0 Å². The smallest absolute Gasteiger partial charge is 0.150 e. The van der Waals surface area contributed by atoms with Crippen molar-refractivity contribution in [2.24, 2.45) is 0 Å². The van der Waals surface area contributed by atoms with Crippen molar-refractivity contribution >= 4 is 0 Å². The van der Waals surface area contributed by atoms with E-state index in [4.69, 9.17) is 4.74 Å². The van der Waals surface area contributed by atoms with Crippen molar-refractivity contribution in [1.82, 2.24) is 14.8 Å². The van der Waals surface area contributed by atoms with Gasteiger partial charge < -0.3 is 4.74 Å². The Balaban J connectivity index is 1.83. The van der Waals surface area contributed by atoms with Gasteiger partial charge >= 0.3 is 0 Å². The standard InChI is InChI=1S/C13H15N3O/c1-2-7-17-13(5-1)16-10-12(9-15-16)11-4-3-6-14-8-11/h3-4,6,8-10,13H,1-2,5,7H2/t13-/m0/s1. The first kappa shape index (κ1) is 10.5. The quantitative estimate of drug-likeness (QED) is 0.794. The molecule has 0 aromatic carbocycles. The molecule has 4 nitrogen and oxygen atoms in total. The van der Waals surface area contributed by atoms with Gasteiger partial charge in [0, 0.05) is 36.3 Å². The average Bonchev–Trinajstić information content (AvgIpc) is 2.90. The maximum absolute atomic E-state index is 5.70. The van der Waals surface area contributed by atoms with E-state index >= 15 is 0 Å². The average molecular weight is 229 g/mol. The zero-order valence-electron chi connectivity index (χ0n) is 9.62. The van der Waals surface area contributed by atoms with Crippen molar-refractivity contribution in [1.29, 1.82) is 0 Å². The minimum absolute atomic E-state index is 0.106. The number of nitrogens with zero attached hydrogens (tertiary/aromatic N) is 3. The van der Waals surface area contributed by atoms with Crippen LogP contribution in [0.3, 0.4) is 0 Å².